The van der Waals surface area contributed by atoms with Crippen molar-refractivity contribution in [2.24, 2.45) is 5.73 Å². The lowest BCUT2D eigenvalue weighted by Crippen LogP contribution is -2.19. The van der Waals surface area contributed by atoms with Gasteiger partial charge in [-0.1, -0.05) is 36.7 Å². The van der Waals surface area contributed by atoms with Crippen molar-refractivity contribution in [1.82, 2.24) is 4.98 Å². The molecule has 0 spiro atoms. The van der Waals surface area contributed by atoms with Crippen LogP contribution in [0.4, 0.5) is 4.39 Å². The van der Waals surface area contributed by atoms with Crippen molar-refractivity contribution >= 4 is 11.6 Å². The second kappa shape index (κ2) is 5.46. The van der Waals surface area contributed by atoms with Gasteiger partial charge in [0.1, 0.15) is 5.82 Å². The Kier molecular flexibility index (Phi) is 3.94. The van der Waals surface area contributed by atoms with Gasteiger partial charge in [-0.3, -0.25) is 4.98 Å². The summed E-state index contributed by atoms with van der Waals surface area (Å²) in [6, 6.07) is 10.0. The van der Waals surface area contributed by atoms with Crippen LogP contribution in [0.25, 0.3) is 0 Å². The minimum absolute atomic E-state index is 0.0841. The summed E-state index contributed by atoms with van der Waals surface area (Å²) in [6.45, 7) is 1.92. The van der Waals surface area contributed by atoms with Gasteiger partial charge in [-0.2, -0.15) is 0 Å². The van der Waals surface area contributed by atoms with Gasteiger partial charge in [0.25, 0.3) is 0 Å². The maximum absolute atomic E-state index is 13.9. The zero-order chi connectivity index (χ0) is 13.1. The second-order valence-corrected chi connectivity index (χ2v) is 4.62. The number of benzene rings is 1. The molecule has 0 radical (unpaired) electrons. The van der Waals surface area contributed by atoms with Gasteiger partial charge in [-0.05, 0) is 18.2 Å². The van der Waals surface area contributed by atoms with E-state index in [2.05, 4.69) is 4.98 Å². The monoisotopic (exact) mass is 264 g/mol. The third kappa shape index (κ3) is 2.52. The highest BCUT2D eigenvalue weighted by Crippen LogP contribution is 2.31. The van der Waals surface area contributed by atoms with E-state index in [1.807, 2.05) is 25.1 Å². The first kappa shape index (κ1) is 13.0. The number of rotatable bonds is 3. The molecule has 0 saturated carbocycles. The lowest BCUT2D eigenvalue weighted by Gasteiger charge is -2.20. The van der Waals surface area contributed by atoms with E-state index in [1.54, 1.807) is 18.3 Å². The summed E-state index contributed by atoms with van der Waals surface area (Å²) < 4.78 is 13.9. The van der Waals surface area contributed by atoms with E-state index in [1.165, 1.54) is 6.07 Å². The minimum atomic E-state index is -0.474. The number of nitrogens with two attached hydrogens (primary N) is 1. The maximum Gasteiger partial charge on any atom is 0.146 e. The smallest absolute Gasteiger partial charge is 0.146 e. The van der Waals surface area contributed by atoms with Gasteiger partial charge in [0.15, 0.2) is 0 Å². The summed E-state index contributed by atoms with van der Waals surface area (Å²) >= 11 is 5.76. The molecule has 2 N–H and O–H groups in total. The number of hydrogen-bond acceptors (Lipinski definition) is 2. The van der Waals surface area contributed by atoms with E-state index in [0.717, 1.165) is 5.69 Å². The van der Waals surface area contributed by atoms with Gasteiger partial charge < -0.3 is 5.73 Å². The first-order valence-electron chi connectivity index (χ1n) is 5.71. The first-order chi connectivity index (χ1) is 8.61. The van der Waals surface area contributed by atoms with Gasteiger partial charge in [0.05, 0.1) is 5.02 Å². The van der Waals surface area contributed by atoms with Crippen LogP contribution in [0.15, 0.2) is 42.6 Å². The van der Waals surface area contributed by atoms with E-state index in [0.29, 0.717) is 5.56 Å². The van der Waals surface area contributed by atoms with Gasteiger partial charge in [0, 0.05) is 29.4 Å². The molecule has 0 aliphatic carbocycles. The van der Waals surface area contributed by atoms with Crippen LogP contribution in [0.2, 0.25) is 5.02 Å². The molecular weight excluding hydrogens is 251 g/mol. The van der Waals surface area contributed by atoms with Crippen LogP contribution < -0.4 is 5.73 Å². The molecule has 18 heavy (non-hydrogen) atoms. The fourth-order valence-electron chi connectivity index (χ4n) is 1.88. The van der Waals surface area contributed by atoms with Gasteiger partial charge in [-0.25, -0.2) is 4.39 Å². The molecule has 0 saturated heterocycles. The van der Waals surface area contributed by atoms with Gasteiger partial charge in [0.2, 0.25) is 0 Å². The quantitative estimate of drug-likeness (QED) is 0.919. The minimum Gasteiger partial charge on any atom is -0.323 e. The average molecular weight is 265 g/mol. The van der Waals surface area contributed by atoms with Crippen LogP contribution >= 0.6 is 11.6 Å². The van der Waals surface area contributed by atoms with Crippen molar-refractivity contribution in [2.75, 3.05) is 0 Å². The van der Waals surface area contributed by atoms with E-state index in [4.69, 9.17) is 17.3 Å². The Morgan fingerprint density at radius 3 is 2.67 bits per heavy atom. The highest BCUT2D eigenvalue weighted by molar-refractivity contribution is 6.30. The Morgan fingerprint density at radius 2 is 2.00 bits per heavy atom. The zero-order valence-corrected chi connectivity index (χ0v) is 10.7. The van der Waals surface area contributed by atoms with Gasteiger partial charge >= 0.3 is 0 Å². The number of halogens is 2. The van der Waals surface area contributed by atoms with Crippen LogP contribution in [-0.2, 0) is 0 Å². The van der Waals surface area contributed by atoms with Crippen molar-refractivity contribution < 1.29 is 4.39 Å². The Balaban J connectivity index is 2.31. The SMILES string of the molecule is CC(c1ccccn1)C(N)c1cccc(Cl)c1F. The highest BCUT2D eigenvalue weighted by atomic mass is 35.5. The van der Waals surface area contributed by atoms with Crippen LogP contribution in [0.5, 0.6) is 0 Å². The number of nitrogens with zero attached hydrogens (tertiary/aromatic N) is 1. The summed E-state index contributed by atoms with van der Waals surface area (Å²) in [6.07, 6.45) is 1.70. The van der Waals surface area contributed by atoms with Crippen LogP contribution in [0.1, 0.15) is 30.1 Å². The topological polar surface area (TPSA) is 38.9 Å². The molecule has 0 fully saturated rings. The predicted molar refractivity (Wildman–Crippen MR) is 71.0 cm³/mol. The Morgan fingerprint density at radius 1 is 1.22 bits per heavy atom. The summed E-state index contributed by atoms with van der Waals surface area (Å²) in [5.41, 5.74) is 7.36. The lowest BCUT2D eigenvalue weighted by molar-refractivity contribution is 0.533. The molecule has 1 aromatic carbocycles. The fourth-order valence-corrected chi connectivity index (χ4v) is 2.06. The molecule has 1 heterocycles. The normalized spacial score (nSPS) is 14.2. The van der Waals surface area contributed by atoms with E-state index in [-0.39, 0.29) is 10.9 Å². The van der Waals surface area contributed by atoms with Crippen molar-refractivity contribution in [3.8, 4) is 0 Å². The molecule has 94 valence electrons. The van der Waals surface area contributed by atoms with Crippen molar-refractivity contribution in [3.05, 3.63) is 64.7 Å². The number of hydrogen-bond donors (Lipinski definition) is 1. The number of aromatic nitrogens is 1. The molecule has 2 unspecified atom stereocenters. The summed E-state index contributed by atoms with van der Waals surface area (Å²) in [5.74, 6) is -0.534. The Labute approximate surface area is 111 Å². The average Bonchev–Trinajstić information content (AvgIpc) is 2.41. The predicted octanol–water partition coefficient (Wildman–Crippen LogP) is 3.68. The summed E-state index contributed by atoms with van der Waals surface area (Å²) in [7, 11) is 0. The van der Waals surface area contributed by atoms with E-state index in [9.17, 15) is 4.39 Å². The summed E-state index contributed by atoms with van der Waals surface area (Å²) in [5, 5.41) is 0.0937. The molecular formula is C14H14ClFN2. The molecule has 0 bridgehead atoms. The third-order valence-corrected chi connectivity index (χ3v) is 3.33. The van der Waals surface area contributed by atoms with Crippen molar-refractivity contribution in [1.29, 1.82) is 0 Å². The largest absolute Gasteiger partial charge is 0.323 e. The zero-order valence-electron chi connectivity index (χ0n) is 9.98. The van der Waals surface area contributed by atoms with Crippen LogP contribution in [0.3, 0.4) is 0 Å². The van der Waals surface area contributed by atoms with E-state index < -0.39 is 11.9 Å². The Hall–Kier alpha value is -1.45. The molecule has 0 aliphatic heterocycles. The standard InChI is InChI=1S/C14H14ClFN2/c1-9(12-7-2-3-8-18-12)14(17)10-5-4-6-11(15)13(10)16/h2-9,14H,17H2,1H3. The van der Waals surface area contributed by atoms with Crippen LogP contribution in [-0.4, -0.2) is 4.98 Å². The molecule has 0 aliphatic rings. The fraction of sp³-hybridized carbons (Fsp3) is 0.214. The van der Waals surface area contributed by atoms with Crippen molar-refractivity contribution in [2.45, 2.75) is 18.9 Å². The molecule has 2 rings (SSSR count). The maximum atomic E-state index is 13.9. The lowest BCUT2D eigenvalue weighted by atomic mass is 9.92. The van der Waals surface area contributed by atoms with Crippen LogP contribution in [0, 0.1) is 5.82 Å². The third-order valence-electron chi connectivity index (χ3n) is 3.03. The molecule has 2 atom stereocenters. The molecule has 2 aromatic rings. The number of pyridine rings is 1. The van der Waals surface area contributed by atoms with Crippen molar-refractivity contribution in [3.63, 3.8) is 0 Å². The second-order valence-electron chi connectivity index (χ2n) is 4.21. The Bertz CT molecular complexity index is 531. The first-order valence-corrected chi connectivity index (χ1v) is 6.09. The van der Waals surface area contributed by atoms with Gasteiger partial charge in [-0.15, -0.1) is 0 Å². The molecule has 1 aromatic heterocycles. The highest BCUT2D eigenvalue weighted by Gasteiger charge is 2.21. The van der Waals surface area contributed by atoms with E-state index >= 15 is 0 Å². The molecule has 2 nitrogen and oxygen atoms in total. The molecule has 0 amide bonds. The summed E-state index contributed by atoms with van der Waals surface area (Å²) in [4.78, 5) is 4.24. The molecule has 4 heteroatoms.